The number of halogens is 1. The molecule has 0 spiro atoms. The van der Waals surface area contributed by atoms with Crippen LogP contribution in [0, 0.1) is 0 Å². The Bertz CT molecular complexity index is 1080. The van der Waals surface area contributed by atoms with Crippen LogP contribution >= 0.6 is 15.9 Å². The molecule has 1 aromatic heterocycles. The minimum atomic E-state index is -0.191. The van der Waals surface area contributed by atoms with Crippen molar-refractivity contribution in [1.29, 1.82) is 0 Å². The molecule has 0 fully saturated rings. The van der Waals surface area contributed by atoms with E-state index in [9.17, 15) is 4.79 Å². The number of aromatic nitrogens is 2. The number of benzene rings is 2. The van der Waals surface area contributed by atoms with E-state index in [0.29, 0.717) is 41.3 Å². The Balaban J connectivity index is 2.06. The van der Waals surface area contributed by atoms with Crippen molar-refractivity contribution in [1.82, 2.24) is 9.66 Å². The van der Waals surface area contributed by atoms with Gasteiger partial charge in [0.15, 0.2) is 11.5 Å². The quantitative estimate of drug-likeness (QED) is 0.507. The number of hydrogen-bond acceptors (Lipinski definition) is 5. The van der Waals surface area contributed by atoms with Gasteiger partial charge in [-0.05, 0) is 55.3 Å². The monoisotopic (exact) mass is 443 g/mol. The summed E-state index contributed by atoms with van der Waals surface area (Å²) in [4.78, 5) is 17.6. The molecule has 28 heavy (non-hydrogen) atoms. The van der Waals surface area contributed by atoms with Crippen LogP contribution in [0.4, 0.5) is 0 Å². The molecule has 0 amide bonds. The van der Waals surface area contributed by atoms with Crippen LogP contribution in [-0.4, -0.2) is 29.6 Å². The van der Waals surface area contributed by atoms with Crippen LogP contribution in [0.3, 0.4) is 0 Å². The van der Waals surface area contributed by atoms with Gasteiger partial charge in [-0.3, -0.25) is 4.79 Å². The summed E-state index contributed by atoms with van der Waals surface area (Å²) in [7, 11) is 1.59. The fourth-order valence-corrected chi connectivity index (χ4v) is 3.22. The van der Waals surface area contributed by atoms with Crippen LogP contribution < -0.4 is 15.0 Å². The van der Waals surface area contributed by atoms with Gasteiger partial charge in [-0.1, -0.05) is 22.9 Å². The number of nitrogens with zero attached hydrogens (tertiary/aromatic N) is 3. The topological polar surface area (TPSA) is 65.7 Å². The Kier molecular flexibility index (Phi) is 6.46. The van der Waals surface area contributed by atoms with Gasteiger partial charge >= 0.3 is 0 Å². The molecule has 0 radical (unpaired) electrons. The molecule has 6 nitrogen and oxygen atoms in total. The Morgan fingerprint density at radius 3 is 2.71 bits per heavy atom. The highest BCUT2D eigenvalue weighted by molar-refractivity contribution is 9.10. The third-order valence-electron chi connectivity index (χ3n) is 4.16. The van der Waals surface area contributed by atoms with E-state index >= 15 is 0 Å². The van der Waals surface area contributed by atoms with Crippen molar-refractivity contribution in [3.63, 3.8) is 0 Å². The summed E-state index contributed by atoms with van der Waals surface area (Å²) < 4.78 is 13.1. The summed E-state index contributed by atoms with van der Waals surface area (Å²) in [6.45, 7) is 4.52. The summed E-state index contributed by atoms with van der Waals surface area (Å²) in [5, 5.41) is 4.95. The highest BCUT2D eigenvalue weighted by Crippen LogP contribution is 2.27. The molecule has 0 atom stereocenters. The molecule has 2 aromatic carbocycles. The van der Waals surface area contributed by atoms with Gasteiger partial charge in [0, 0.05) is 10.9 Å². The molecular weight excluding hydrogens is 422 g/mol. The maximum Gasteiger partial charge on any atom is 0.282 e. The lowest BCUT2D eigenvalue weighted by molar-refractivity contribution is 0.311. The van der Waals surface area contributed by atoms with Gasteiger partial charge in [0.2, 0.25) is 0 Å². The Labute approximate surface area is 171 Å². The van der Waals surface area contributed by atoms with E-state index in [2.05, 4.69) is 26.0 Å². The van der Waals surface area contributed by atoms with Crippen molar-refractivity contribution in [2.75, 3.05) is 13.7 Å². The van der Waals surface area contributed by atoms with Crippen molar-refractivity contribution in [3.8, 4) is 11.5 Å². The molecule has 0 bridgehead atoms. The molecule has 3 aromatic rings. The summed E-state index contributed by atoms with van der Waals surface area (Å²) in [5.41, 5.74) is 1.28. The minimum Gasteiger partial charge on any atom is -0.493 e. The Morgan fingerprint density at radius 1 is 1.18 bits per heavy atom. The summed E-state index contributed by atoms with van der Waals surface area (Å²) >= 11 is 3.41. The largest absolute Gasteiger partial charge is 0.493 e. The predicted octanol–water partition coefficient (Wildman–Crippen LogP) is 4.40. The number of ether oxygens (including phenoxy) is 2. The number of rotatable bonds is 7. The van der Waals surface area contributed by atoms with Gasteiger partial charge in [0.25, 0.3) is 5.56 Å². The highest BCUT2D eigenvalue weighted by atomic mass is 79.9. The lowest BCUT2D eigenvalue weighted by atomic mass is 10.2. The molecular formula is C21H22BrN3O3. The molecule has 3 rings (SSSR count). The smallest absolute Gasteiger partial charge is 0.282 e. The maximum absolute atomic E-state index is 13.0. The second-order valence-corrected chi connectivity index (χ2v) is 7.06. The molecule has 0 saturated heterocycles. The second-order valence-electron chi connectivity index (χ2n) is 6.14. The van der Waals surface area contributed by atoms with Crippen molar-refractivity contribution in [2.24, 2.45) is 5.10 Å². The second kappa shape index (κ2) is 9.01. The Hall–Kier alpha value is -2.67. The normalized spacial score (nSPS) is 11.3. The molecule has 0 aliphatic heterocycles. The van der Waals surface area contributed by atoms with Crippen molar-refractivity contribution < 1.29 is 9.47 Å². The van der Waals surface area contributed by atoms with Gasteiger partial charge in [-0.25, -0.2) is 4.98 Å². The number of fused-ring (bicyclic) bond motifs is 1. The average molecular weight is 444 g/mol. The first-order valence-corrected chi connectivity index (χ1v) is 9.93. The van der Waals surface area contributed by atoms with E-state index in [-0.39, 0.29) is 5.56 Å². The molecule has 0 N–H and O–H groups in total. The van der Waals surface area contributed by atoms with E-state index in [1.54, 1.807) is 19.4 Å². The first-order chi connectivity index (χ1) is 13.6. The minimum absolute atomic E-state index is 0.191. The number of aryl methyl sites for hydroxylation is 1. The molecule has 146 valence electrons. The van der Waals surface area contributed by atoms with Crippen LogP contribution in [0.2, 0.25) is 0 Å². The highest BCUT2D eigenvalue weighted by Gasteiger charge is 2.11. The van der Waals surface area contributed by atoms with Crippen LogP contribution in [0.15, 0.2) is 50.8 Å². The van der Waals surface area contributed by atoms with Gasteiger partial charge in [-0.15, -0.1) is 0 Å². The maximum atomic E-state index is 13.0. The van der Waals surface area contributed by atoms with Gasteiger partial charge in [0.05, 0.1) is 30.8 Å². The van der Waals surface area contributed by atoms with E-state index in [4.69, 9.17) is 9.47 Å². The molecule has 0 aliphatic carbocycles. The lowest BCUT2D eigenvalue weighted by Gasteiger charge is -2.10. The number of methoxy groups -OCH3 is 1. The zero-order valence-corrected chi connectivity index (χ0v) is 17.7. The first kappa shape index (κ1) is 20.1. The zero-order valence-electron chi connectivity index (χ0n) is 16.1. The molecule has 0 saturated carbocycles. The predicted molar refractivity (Wildman–Crippen MR) is 115 cm³/mol. The average Bonchev–Trinajstić information content (AvgIpc) is 2.69. The SMILES string of the molecule is CCCc1nc2ccc(Br)cc2c(=O)n1N=Cc1ccc(OCC)c(OC)c1. The number of hydrogen-bond donors (Lipinski definition) is 0. The van der Waals surface area contributed by atoms with Gasteiger partial charge in [-0.2, -0.15) is 9.78 Å². The lowest BCUT2D eigenvalue weighted by Crippen LogP contribution is -2.22. The zero-order chi connectivity index (χ0) is 20.1. The van der Waals surface area contributed by atoms with Crippen LogP contribution in [0.25, 0.3) is 10.9 Å². The fraction of sp³-hybridized carbons (Fsp3) is 0.286. The molecule has 7 heteroatoms. The van der Waals surface area contributed by atoms with E-state index in [0.717, 1.165) is 16.5 Å². The van der Waals surface area contributed by atoms with Crippen LogP contribution in [0.1, 0.15) is 31.7 Å². The van der Waals surface area contributed by atoms with E-state index in [1.165, 1.54) is 4.68 Å². The van der Waals surface area contributed by atoms with Crippen LogP contribution in [-0.2, 0) is 6.42 Å². The molecule has 0 aliphatic rings. The molecule has 1 heterocycles. The summed E-state index contributed by atoms with van der Waals surface area (Å²) in [5.74, 6) is 1.92. The van der Waals surface area contributed by atoms with E-state index < -0.39 is 0 Å². The third-order valence-corrected chi connectivity index (χ3v) is 4.65. The molecule has 0 unspecified atom stereocenters. The van der Waals surface area contributed by atoms with Crippen molar-refractivity contribution in [2.45, 2.75) is 26.7 Å². The standard InChI is InChI=1S/C21H22BrN3O3/c1-4-6-20-24-17-9-8-15(22)12-16(17)21(26)25(20)23-13-14-7-10-18(28-5-2)19(11-14)27-3/h7-13H,4-6H2,1-3H3. The van der Waals surface area contributed by atoms with Crippen LogP contribution in [0.5, 0.6) is 11.5 Å². The first-order valence-electron chi connectivity index (χ1n) is 9.13. The van der Waals surface area contributed by atoms with E-state index in [1.807, 2.05) is 44.2 Å². The summed E-state index contributed by atoms with van der Waals surface area (Å²) in [6.07, 6.45) is 3.15. The summed E-state index contributed by atoms with van der Waals surface area (Å²) in [6, 6.07) is 11.0. The fourth-order valence-electron chi connectivity index (χ4n) is 2.86. The van der Waals surface area contributed by atoms with Gasteiger partial charge < -0.3 is 9.47 Å². The van der Waals surface area contributed by atoms with Crippen molar-refractivity contribution >= 4 is 33.0 Å². The Morgan fingerprint density at radius 2 is 2.00 bits per heavy atom. The van der Waals surface area contributed by atoms with Gasteiger partial charge in [0.1, 0.15) is 5.82 Å². The third kappa shape index (κ3) is 4.25. The van der Waals surface area contributed by atoms with Crippen molar-refractivity contribution in [3.05, 3.63) is 62.6 Å².